The van der Waals surface area contributed by atoms with Crippen molar-refractivity contribution in [1.29, 1.82) is 0 Å². The number of rotatable bonds is 8. The summed E-state index contributed by atoms with van der Waals surface area (Å²) >= 11 is 0. The Balaban J connectivity index is 1.72. The van der Waals surface area contributed by atoms with Crippen LogP contribution in [0.3, 0.4) is 0 Å². The van der Waals surface area contributed by atoms with Gasteiger partial charge in [-0.1, -0.05) is 36.9 Å². The number of aromatic amines is 1. The molecule has 0 aliphatic carbocycles. The van der Waals surface area contributed by atoms with E-state index in [0.717, 1.165) is 29.8 Å². The molecule has 1 unspecified atom stereocenters. The number of nitrogens with one attached hydrogen (secondary N) is 2. The fourth-order valence-corrected chi connectivity index (χ4v) is 3.81. The Kier molecular flexibility index (Phi) is 6.34. The Morgan fingerprint density at radius 2 is 2.03 bits per heavy atom. The third kappa shape index (κ3) is 4.56. The maximum absolute atomic E-state index is 12.6. The zero-order chi connectivity index (χ0) is 22.7. The second-order valence-corrected chi connectivity index (χ2v) is 7.91. The number of aliphatic hydroxyl groups excluding tert-OH is 2. The zero-order valence-corrected chi connectivity index (χ0v) is 18.0. The van der Waals surface area contributed by atoms with Crippen LogP contribution in [0.5, 0.6) is 0 Å². The van der Waals surface area contributed by atoms with E-state index in [2.05, 4.69) is 39.0 Å². The maximum atomic E-state index is 12.6. The summed E-state index contributed by atoms with van der Waals surface area (Å²) in [6.07, 6.45) is 0.884. The number of nitrogens with zero attached hydrogens (tertiary/aromatic N) is 3. The van der Waals surface area contributed by atoms with Crippen LogP contribution in [0.15, 0.2) is 52.3 Å². The summed E-state index contributed by atoms with van der Waals surface area (Å²) in [6, 6.07) is 14.1. The smallest absolute Gasteiger partial charge is 0.279 e. The molecule has 0 saturated carbocycles. The van der Waals surface area contributed by atoms with Crippen LogP contribution in [-0.2, 0) is 6.42 Å². The molecule has 1 aliphatic rings. The van der Waals surface area contributed by atoms with Crippen molar-refractivity contribution in [1.82, 2.24) is 9.97 Å². The normalized spacial score (nSPS) is 13.2. The third-order valence-corrected chi connectivity index (χ3v) is 5.45. The van der Waals surface area contributed by atoms with E-state index in [9.17, 15) is 9.90 Å². The highest BCUT2D eigenvalue weighted by Gasteiger charge is 2.24. The van der Waals surface area contributed by atoms with Crippen LogP contribution in [-0.4, -0.2) is 46.0 Å². The summed E-state index contributed by atoms with van der Waals surface area (Å²) in [5, 5.41) is 22.3. The zero-order valence-electron chi connectivity index (χ0n) is 18.0. The van der Waals surface area contributed by atoms with Crippen molar-refractivity contribution in [3.05, 3.63) is 74.8 Å². The number of hydrogen-bond acceptors (Lipinski definition) is 7. The lowest BCUT2D eigenvalue weighted by Gasteiger charge is -2.29. The van der Waals surface area contributed by atoms with Gasteiger partial charge in [-0.3, -0.25) is 4.79 Å². The molecule has 2 heterocycles. The Morgan fingerprint density at radius 3 is 2.78 bits per heavy atom. The van der Waals surface area contributed by atoms with Crippen LogP contribution in [0.2, 0.25) is 0 Å². The summed E-state index contributed by atoms with van der Waals surface area (Å²) in [5.41, 5.74) is 4.48. The average Bonchev–Trinajstić information content (AvgIpc) is 2.78. The maximum Gasteiger partial charge on any atom is 0.279 e. The monoisotopic (exact) mass is 433 g/mol. The predicted molar refractivity (Wildman–Crippen MR) is 125 cm³/mol. The highest BCUT2D eigenvalue weighted by atomic mass is 16.3. The first-order chi connectivity index (χ1) is 15.5. The van der Waals surface area contributed by atoms with Gasteiger partial charge in [0.05, 0.1) is 24.1 Å². The van der Waals surface area contributed by atoms with Gasteiger partial charge in [-0.2, -0.15) is 0 Å². The topological polar surface area (TPSA) is 114 Å². The molecule has 1 atom stereocenters. The number of aromatic nitrogens is 2. The highest BCUT2D eigenvalue weighted by Crippen LogP contribution is 2.38. The number of benzene rings is 2. The van der Waals surface area contributed by atoms with Crippen LogP contribution in [0.25, 0.3) is 6.58 Å². The molecule has 0 bridgehead atoms. The molecule has 0 radical (unpaired) electrons. The number of H-pyrrole nitrogens is 1. The first-order valence-electron chi connectivity index (χ1n) is 10.6. The number of aryl methyl sites for hydroxylation is 2. The Hall–Kier alpha value is -3.49. The standard InChI is InChI=1S/C24H27N5O3/c1-15-11-20-21(12-19(15)25-13-18(31)14-30)29(10-6-9-17-7-4-3-5-8-17)23-22(28-20)24(32)27-16(2)26-23/h3-5,7-8,11-12,18,25,30-31H,2,6,9-10,13-14H2,1H3,(H,27,32). The summed E-state index contributed by atoms with van der Waals surface area (Å²) < 4.78 is 0. The molecule has 166 valence electrons. The van der Waals surface area contributed by atoms with E-state index in [1.807, 2.05) is 42.2 Å². The molecule has 2 aromatic carbocycles. The van der Waals surface area contributed by atoms with E-state index in [1.165, 1.54) is 5.56 Å². The van der Waals surface area contributed by atoms with Crippen molar-refractivity contribution in [2.45, 2.75) is 25.9 Å². The van der Waals surface area contributed by atoms with Crippen molar-refractivity contribution < 1.29 is 10.2 Å². The minimum Gasteiger partial charge on any atom is -0.394 e. The molecule has 4 rings (SSSR count). The third-order valence-electron chi connectivity index (χ3n) is 5.45. The summed E-state index contributed by atoms with van der Waals surface area (Å²) in [4.78, 5) is 26.3. The summed E-state index contributed by atoms with van der Waals surface area (Å²) in [5.74, 6) is 0.490. The Bertz CT molecular complexity index is 1270. The molecule has 3 aromatic rings. The number of fused-ring (bicyclic) bond motifs is 2. The predicted octanol–water partition coefficient (Wildman–Crippen LogP) is 1.29. The van der Waals surface area contributed by atoms with Gasteiger partial charge in [0.25, 0.3) is 5.56 Å². The highest BCUT2D eigenvalue weighted by molar-refractivity contribution is 5.80. The second-order valence-electron chi connectivity index (χ2n) is 7.91. The molecule has 0 amide bonds. The first kappa shape index (κ1) is 21.7. The van der Waals surface area contributed by atoms with Crippen molar-refractivity contribution in [3.63, 3.8) is 0 Å². The second kappa shape index (κ2) is 9.33. The van der Waals surface area contributed by atoms with Crippen LogP contribution in [0.1, 0.15) is 17.5 Å². The first-order valence-corrected chi connectivity index (χ1v) is 10.6. The van der Waals surface area contributed by atoms with Gasteiger partial charge < -0.3 is 25.4 Å². The van der Waals surface area contributed by atoms with Gasteiger partial charge in [-0.25, -0.2) is 9.98 Å². The average molecular weight is 434 g/mol. The number of aliphatic hydroxyl groups is 2. The van der Waals surface area contributed by atoms with E-state index in [1.54, 1.807) is 0 Å². The molecule has 8 nitrogen and oxygen atoms in total. The van der Waals surface area contributed by atoms with Gasteiger partial charge in [-0.05, 0) is 43.0 Å². The van der Waals surface area contributed by atoms with Gasteiger partial charge in [0.2, 0.25) is 0 Å². The van der Waals surface area contributed by atoms with Gasteiger partial charge in [0.15, 0.2) is 11.2 Å². The van der Waals surface area contributed by atoms with Crippen LogP contribution < -0.4 is 26.6 Å². The van der Waals surface area contributed by atoms with Crippen molar-refractivity contribution >= 4 is 29.5 Å². The van der Waals surface area contributed by atoms with Crippen LogP contribution in [0, 0.1) is 6.92 Å². The molecular weight excluding hydrogens is 406 g/mol. The molecule has 32 heavy (non-hydrogen) atoms. The molecule has 1 aromatic heterocycles. The fourth-order valence-electron chi connectivity index (χ4n) is 3.81. The van der Waals surface area contributed by atoms with E-state index in [-0.39, 0.29) is 29.5 Å². The fraction of sp³-hybridized carbons (Fsp3) is 0.292. The lowest BCUT2D eigenvalue weighted by atomic mass is 10.1. The Morgan fingerprint density at radius 1 is 1.25 bits per heavy atom. The molecule has 0 spiro atoms. The molecule has 0 saturated heterocycles. The minimum atomic E-state index is -0.855. The molecule has 4 N–H and O–H groups in total. The SMILES string of the molecule is C=c1nc2c(c(=O)[nH]1)=Nc1cc(C)c(NCC(O)CO)cc1N2CCCc1ccccc1. The minimum absolute atomic E-state index is 0.221. The quantitative estimate of drug-likeness (QED) is 0.426. The van der Waals surface area contributed by atoms with Crippen molar-refractivity contribution in [2.24, 2.45) is 4.99 Å². The Labute approximate surface area is 185 Å². The summed E-state index contributed by atoms with van der Waals surface area (Å²) in [6.45, 7) is 6.28. The molecule has 8 heteroatoms. The van der Waals surface area contributed by atoms with Gasteiger partial charge in [-0.15, -0.1) is 0 Å². The van der Waals surface area contributed by atoms with Crippen molar-refractivity contribution in [3.8, 4) is 0 Å². The molecule has 1 aliphatic heterocycles. The van der Waals surface area contributed by atoms with E-state index in [0.29, 0.717) is 18.1 Å². The van der Waals surface area contributed by atoms with Crippen LogP contribution in [0.4, 0.5) is 22.9 Å². The van der Waals surface area contributed by atoms with Gasteiger partial charge >= 0.3 is 0 Å². The van der Waals surface area contributed by atoms with E-state index in [4.69, 9.17) is 5.11 Å². The van der Waals surface area contributed by atoms with E-state index < -0.39 is 6.10 Å². The van der Waals surface area contributed by atoms with Gasteiger partial charge in [0, 0.05) is 18.8 Å². The van der Waals surface area contributed by atoms with Crippen LogP contribution >= 0.6 is 0 Å². The molecule has 0 fully saturated rings. The number of anilines is 3. The van der Waals surface area contributed by atoms with Gasteiger partial charge in [0.1, 0.15) is 5.48 Å². The van der Waals surface area contributed by atoms with E-state index >= 15 is 0 Å². The van der Waals surface area contributed by atoms with Crippen molar-refractivity contribution in [2.75, 3.05) is 29.9 Å². The number of hydrogen-bond donors (Lipinski definition) is 4. The summed E-state index contributed by atoms with van der Waals surface area (Å²) in [7, 11) is 0. The lowest BCUT2D eigenvalue weighted by molar-refractivity contribution is 0.105. The molecular formula is C24H27N5O3. The largest absolute Gasteiger partial charge is 0.394 e. The lowest BCUT2D eigenvalue weighted by Crippen LogP contribution is -2.42.